The highest BCUT2D eigenvalue weighted by molar-refractivity contribution is 6.31. The molecule has 1 saturated carbocycles. The van der Waals surface area contributed by atoms with E-state index in [0.717, 1.165) is 31.2 Å². The van der Waals surface area contributed by atoms with Crippen molar-refractivity contribution in [1.29, 1.82) is 0 Å². The topological polar surface area (TPSA) is 80.3 Å². The van der Waals surface area contributed by atoms with E-state index in [4.69, 9.17) is 16.3 Å². The summed E-state index contributed by atoms with van der Waals surface area (Å²) in [5, 5.41) is 6.33. The summed E-state index contributed by atoms with van der Waals surface area (Å²) < 4.78 is 5.27. The fourth-order valence-corrected chi connectivity index (χ4v) is 3.30. The maximum atomic E-state index is 12.6. The van der Waals surface area contributed by atoms with Gasteiger partial charge in [-0.25, -0.2) is 0 Å². The summed E-state index contributed by atoms with van der Waals surface area (Å²) in [7, 11) is 1.50. The quantitative estimate of drug-likeness (QED) is 0.813. The Morgan fingerprint density at radius 3 is 2.63 bits per heavy atom. The van der Waals surface area contributed by atoms with Crippen LogP contribution in [0.15, 0.2) is 30.5 Å². The first-order valence-electron chi connectivity index (χ1n) is 8.90. The zero-order chi connectivity index (χ0) is 19.4. The molecule has 0 aliphatic heterocycles. The maximum Gasteiger partial charge on any atom is 0.274 e. The molecule has 2 N–H and O–H groups in total. The third-order valence-corrected chi connectivity index (χ3v) is 5.08. The lowest BCUT2D eigenvalue weighted by Crippen LogP contribution is -2.32. The van der Waals surface area contributed by atoms with E-state index < -0.39 is 5.91 Å². The molecule has 1 aromatic carbocycles. The lowest BCUT2D eigenvalue weighted by atomic mass is 10.1. The molecule has 1 aliphatic carbocycles. The molecule has 1 aliphatic rings. The number of methoxy groups -OCH3 is 1. The van der Waals surface area contributed by atoms with Gasteiger partial charge in [-0.1, -0.05) is 24.4 Å². The van der Waals surface area contributed by atoms with Crippen LogP contribution in [-0.2, 0) is 0 Å². The highest BCUT2D eigenvalue weighted by Gasteiger charge is 2.19. The smallest absolute Gasteiger partial charge is 0.274 e. The summed E-state index contributed by atoms with van der Waals surface area (Å²) in [4.78, 5) is 29.1. The molecule has 0 bridgehead atoms. The van der Waals surface area contributed by atoms with E-state index in [1.165, 1.54) is 19.4 Å². The van der Waals surface area contributed by atoms with Crippen LogP contribution >= 0.6 is 11.6 Å². The van der Waals surface area contributed by atoms with E-state index in [-0.39, 0.29) is 17.6 Å². The molecule has 0 radical (unpaired) electrons. The number of anilines is 1. The molecular formula is C20H22ClN3O3. The van der Waals surface area contributed by atoms with E-state index in [2.05, 4.69) is 15.6 Å². The second-order valence-electron chi connectivity index (χ2n) is 6.64. The van der Waals surface area contributed by atoms with E-state index in [1.54, 1.807) is 18.2 Å². The van der Waals surface area contributed by atoms with Gasteiger partial charge >= 0.3 is 0 Å². The number of ether oxygens (including phenoxy) is 1. The van der Waals surface area contributed by atoms with Crippen molar-refractivity contribution in [2.45, 2.75) is 38.6 Å². The summed E-state index contributed by atoms with van der Waals surface area (Å²) in [6.07, 6.45) is 5.73. The number of amides is 2. The van der Waals surface area contributed by atoms with Gasteiger partial charge < -0.3 is 15.4 Å². The molecule has 1 fully saturated rings. The Hall–Kier alpha value is -2.60. The molecular weight excluding hydrogens is 366 g/mol. The summed E-state index contributed by atoms with van der Waals surface area (Å²) in [6, 6.07) is 6.69. The molecule has 2 amide bonds. The fraction of sp³-hybridized carbons (Fsp3) is 0.350. The second-order valence-corrected chi connectivity index (χ2v) is 7.05. The van der Waals surface area contributed by atoms with Crippen LogP contribution in [0.3, 0.4) is 0 Å². The van der Waals surface area contributed by atoms with Crippen molar-refractivity contribution in [1.82, 2.24) is 10.3 Å². The summed E-state index contributed by atoms with van der Waals surface area (Å²) in [5.41, 5.74) is 1.88. The molecule has 142 valence electrons. The van der Waals surface area contributed by atoms with Crippen LogP contribution in [0.1, 0.15) is 52.1 Å². The van der Waals surface area contributed by atoms with Crippen LogP contribution < -0.4 is 15.4 Å². The average Bonchev–Trinajstić information content (AvgIpc) is 3.17. The molecule has 0 atom stereocenters. The number of nitrogens with one attached hydrogen (secondary N) is 2. The Labute approximate surface area is 163 Å². The van der Waals surface area contributed by atoms with Crippen LogP contribution in [0.25, 0.3) is 0 Å². The van der Waals surface area contributed by atoms with Gasteiger partial charge in [-0.3, -0.25) is 14.6 Å². The van der Waals surface area contributed by atoms with Crippen molar-refractivity contribution in [3.63, 3.8) is 0 Å². The normalized spacial score (nSPS) is 14.0. The SMILES string of the molecule is COc1cc(Cl)c(C)cc1NC(=O)c1cc(C(=O)NC2CCCC2)ccn1. The number of aryl methyl sites for hydroxylation is 1. The van der Waals surface area contributed by atoms with Crippen LogP contribution in [0.5, 0.6) is 5.75 Å². The zero-order valence-corrected chi connectivity index (χ0v) is 16.1. The first-order chi connectivity index (χ1) is 13.0. The van der Waals surface area contributed by atoms with Crippen molar-refractivity contribution in [2.75, 3.05) is 12.4 Å². The number of carbonyl (C=O) groups excluding carboxylic acids is 2. The van der Waals surface area contributed by atoms with Gasteiger partial charge in [0.2, 0.25) is 0 Å². The number of benzene rings is 1. The molecule has 6 nitrogen and oxygen atoms in total. The van der Waals surface area contributed by atoms with Gasteiger partial charge in [0.1, 0.15) is 11.4 Å². The molecule has 2 aromatic rings. The lowest BCUT2D eigenvalue weighted by Gasteiger charge is -2.13. The van der Waals surface area contributed by atoms with Crippen molar-refractivity contribution >= 4 is 29.1 Å². The number of carbonyl (C=O) groups is 2. The van der Waals surface area contributed by atoms with Gasteiger partial charge in [-0.2, -0.15) is 0 Å². The monoisotopic (exact) mass is 387 g/mol. The lowest BCUT2D eigenvalue weighted by molar-refractivity contribution is 0.0937. The Kier molecular flexibility index (Phi) is 5.96. The molecule has 7 heteroatoms. The van der Waals surface area contributed by atoms with Crippen molar-refractivity contribution in [2.24, 2.45) is 0 Å². The summed E-state index contributed by atoms with van der Waals surface area (Å²) >= 11 is 6.09. The van der Waals surface area contributed by atoms with Crippen LogP contribution in [-0.4, -0.2) is 29.9 Å². The number of aromatic nitrogens is 1. The van der Waals surface area contributed by atoms with Crippen molar-refractivity contribution in [3.8, 4) is 5.75 Å². The fourth-order valence-electron chi connectivity index (χ4n) is 3.15. The number of rotatable bonds is 5. The van der Waals surface area contributed by atoms with Gasteiger partial charge in [-0.15, -0.1) is 0 Å². The Balaban J connectivity index is 1.75. The largest absolute Gasteiger partial charge is 0.495 e. The first kappa shape index (κ1) is 19.2. The number of hydrogen-bond acceptors (Lipinski definition) is 4. The Morgan fingerprint density at radius 2 is 1.93 bits per heavy atom. The molecule has 1 heterocycles. The average molecular weight is 388 g/mol. The molecule has 27 heavy (non-hydrogen) atoms. The standard InChI is InChI=1S/C20H22ClN3O3/c1-12-9-16(18(27-2)11-15(12)21)24-20(26)17-10-13(7-8-22-17)19(25)23-14-5-3-4-6-14/h7-11,14H,3-6H2,1-2H3,(H,23,25)(H,24,26). The third-order valence-electron chi connectivity index (χ3n) is 4.67. The number of nitrogens with zero attached hydrogens (tertiary/aromatic N) is 1. The number of halogens is 1. The zero-order valence-electron chi connectivity index (χ0n) is 15.3. The van der Waals surface area contributed by atoms with Crippen LogP contribution in [0.4, 0.5) is 5.69 Å². The van der Waals surface area contributed by atoms with Gasteiger partial charge in [-0.05, 0) is 43.5 Å². The molecule has 0 saturated heterocycles. The van der Waals surface area contributed by atoms with Gasteiger partial charge in [0.05, 0.1) is 12.8 Å². The van der Waals surface area contributed by atoms with Crippen LogP contribution in [0.2, 0.25) is 5.02 Å². The maximum absolute atomic E-state index is 12.6. The van der Waals surface area contributed by atoms with E-state index in [0.29, 0.717) is 22.0 Å². The van der Waals surface area contributed by atoms with Gasteiger partial charge in [0.25, 0.3) is 11.8 Å². The van der Waals surface area contributed by atoms with Gasteiger partial charge in [0, 0.05) is 28.9 Å². The van der Waals surface area contributed by atoms with Crippen LogP contribution in [0, 0.1) is 6.92 Å². The summed E-state index contributed by atoms with van der Waals surface area (Å²) in [6.45, 7) is 1.84. The van der Waals surface area contributed by atoms with E-state index in [1.807, 2.05) is 6.92 Å². The van der Waals surface area contributed by atoms with Gasteiger partial charge in [0.15, 0.2) is 0 Å². The molecule has 0 unspecified atom stereocenters. The molecule has 0 spiro atoms. The van der Waals surface area contributed by atoms with Crippen molar-refractivity contribution in [3.05, 3.63) is 52.3 Å². The predicted octanol–water partition coefficient (Wildman–Crippen LogP) is 3.98. The van der Waals surface area contributed by atoms with E-state index >= 15 is 0 Å². The predicted molar refractivity (Wildman–Crippen MR) is 105 cm³/mol. The minimum atomic E-state index is -0.425. The molecule has 1 aromatic heterocycles. The first-order valence-corrected chi connectivity index (χ1v) is 9.28. The van der Waals surface area contributed by atoms with E-state index in [9.17, 15) is 9.59 Å². The summed E-state index contributed by atoms with van der Waals surface area (Å²) in [5.74, 6) is -0.155. The Bertz CT molecular complexity index is 864. The Morgan fingerprint density at radius 1 is 1.19 bits per heavy atom. The highest BCUT2D eigenvalue weighted by Crippen LogP contribution is 2.31. The number of pyridine rings is 1. The number of hydrogen-bond donors (Lipinski definition) is 2. The molecule has 3 rings (SSSR count). The minimum Gasteiger partial charge on any atom is -0.495 e. The minimum absolute atomic E-state index is 0.156. The third kappa shape index (κ3) is 4.57. The second kappa shape index (κ2) is 8.39. The highest BCUT2D eigenvalue weighted by atomic mass is 35.5. The van der Waals surface area contributed by atoms with Crippen molar-refractivity contribution < 1.29 is 14.3 Å².